The number of aromatic nitrogens is 4. The molecule has 3 heterocycles. The lowest BCUT2D eigenvalue weighted by Gasteiger charge is -2.06. The Hall–Kier alpha value is -4.16. The number of hydrogen-bond donors (Lipinski definition) is 0. The standard InChI is InChI=1S/C22H17ClN6O3/c1-27-14-15(13-26-27)12-25-8-10-29-21(30)20-18(28(22(29)31)9-4-7-24)11-19(32-20)16-5-2-3-6-17(16)23/h2-3,5-6,8,10-14H,4,9H2,1H3/b10-8+,25-12?. The third-order valence-corrected chi connectivity index (χ3v) is 5.02. The molecular formula is C22H17ClN6O3. The van der Waals surface area contributed by atoms with Crippen molar-refractivity contribution in [3.63, 3.8) is 0 Å². The summed E-state index contributed by atoms with van der Waals surface area (Å²) in [7, 11) is 1.78. The van der Waals surface area contributed by atoms with Crippen molar-refractivity contribution in [1.29, 1.82) is 5.26 Å². The molecule has 10 heteroatoms. The van der Waals surface area contributed by atoms with Crippen molar-refractivity contribution in [2.75, 3.05) is 0 Å². The van der Waals surface area contributed by atoms with Crippen LogP contribution in [0.4, 0.5) is 0 Å². The molecule has 1 aromatic carbocycles. The molecule has 0 bridgehead atoms. The van der Waals surface area contributed by atoms with Crippen LogP contribution < -0.4 is 11.2 Å². The van der Waals surface area contributed by atoms with Gasteiger partial charge in [-0.1, -0.05) is 23.7 Å². The average molecular weight is 449 g/mol. The normalized spacial score (nSPS) is 11.7. The van der Waals surface area contributed by atoms with Gasteiger partial charge in [-0.25, -0.2) is 9.36 Å². The Labute approximate surface area is 186 Å². The maximum absolute atomic E-state index is 13.0. The third-order valence-electron chi connectivity index (χ3n) is 4.69. The van der Waals surface area contributed by atoms with Gasteiger partial charge in [-0.15, -0.1) is 0 Å². The topological polar surface area (TPSA) is 111 Å². The van der Waals surface area contributed by atoms with E-state index in [1.54, 1.807) is 60.7 Å². The Balaban J connectivity index is 1.82. The summed E-state index contributed by atoms with van der Waals surface area (Å²) in [6.45, 7) is 0.0976. The van der Waals surface area contributed by atoms with Crippen molar-refractivity contribution < 1.29 is 4.42 Å². The number of halogens is 1. The van der Waals surface area contributed by atoms with Crippen molar-refractivity contribution in [3.05, 3.63) is 80.3 Å². The summed E-state index contributed by atoms with van der Waals surface area (Å²) < 4.78 is 9.68. The van der Waals surface area contributed by atoms with E-state index < -0.39 is 11.2 Å². The summed E-state index contributed by atoms with van der Waals surface area (Å²) in [5.41, 5.74) is 0.405. The Bertz CT molecular complexity index is 1510. The van der Waals surface area contributed by atoms with Gasteiger partial charge < -0.3 is 4.42 Å². The first-order chi connectivity index (χ1) is 15.5. The van der Waals surface area contributed by atoms with Crippen LogP contribution in [0.25, 0.3) is 28.6 Å². The largest absolute Gasteiger partial charge is 0.449 e. The molecule has 0 saturated heterocycles. The lowest BCUT2D eigenvalue weighted by Crippen LogP contribution is -2.37. The lowest BCUT2D eigenvalue weighted by molar-refractivity contribution is 0.608. The summed E-state index contributed by atoms with van der Waals surface area (Å²) in [6, 6.07) is 10.6. The highest BCUT2D eigenvalue weighted by Gasteiger charge is 2.18. The van der Waals surface area contributed by atoms with E-state index >= 15 is 0 Å². The summed E-state index contributed by atoms with van der Waals surface area (Å²) >= 11 is 6.26. The second kappa shape index (κ2) is 8.91. The van der Waals surface area contributed by atoms with Crippen LogP contribution in [0.5, 0.6) is 0 Å². The van der Waals surface area contributed by atoms with Crippen molar-refractivity contribution in [2.24, 2.45) is 12.0 Å². The molecule has 0 saturated carbocycles. The SMILES string of the molecule is Cn1cc(C=N/C=C/n2c(=O)c3oc(-c4ccccc4Cl)cc3n(CCC#N)c2=O)cn1. The zero-order valence-corrected chi connectivity index (χ0v) is 17.7. The lowest BCUT2D eigenvalue weighted by atomic mass is 10.2. The number of aryl methyl sites for hydroxylation is 2. The predicted molar refractivity (Wildman–Crippen MR) is 122 cm³/mol. The molecule has 0 aliphatic heterocycles. The molecule has 3 aromatic heterocycles. The third kappa shape index (κ3) is 4.04. The molecule has 0 amide bonds. The Morgan fingerprint density at radius 3 is 2.84 bits per heavy atom. The van der Waals surface area contributed by atoms with Gasteiger partial charge >= 0.3 is 11.2 Å². The minimum absolute atomic E-state index is 0.0154. The van der Waals surface area contributed by atoms with Gasteiger partial charge in [0.1, 0.15) is 5.76 Å². The van der Waals surface area contributed by atoms with Crippen LogP contribution in [0.3, 0.4) is 0 Å². The molecule has 0 aliphatic rings. The predicted octanol–water partition coefficient (Wildman–Crippen LogP) is 3.27. The fourth-order valence-corrected chi connectivity index (χ4v) is 3.44. The molecule has 9 nitrogen and oxygen atoms in total. The number of rotatable bonds is 6. The zero-order chi connectivity index (χ0) is 22.7. The average Bonchev–Trinajstić information content (AvgIpc) is 3.40. The highest BCUT2D eigenvalue weighted by Crippen LogP contribution is 2.31. The fraction of sp³-hybridized carbons (Fsp3) is 0.136. The summed E-state index contributed by atoms with van der Waals surface area (Å²) in [5, 5.41) is 13.5. The number of furan rings is 1. The molecule has 0 unspecified atom stereocenters. The zero-order valence-electron chi connectivity index (χ0n) is 17.0. The molecule has 0 aliphatic carbocycles. The Kier molecular flexibility index (Phi) is 5.87. The Morgan fingerprint density at radius 1 is 1.31 bits per heavy atom. The second-order valence-corrected chi connectivity index (χ2v) is 7.25. The summed E-state index contributed by atoms with van der Waals surface area (Å²) in [5.74, 6) is 0.351. The number of aliphatic imine (C=N–C) groups is 1. The van der Waals surface area contributed by atoms with Crippen LogP contribution in [0.1, 0.15) is 12.0 Å². The molecular weight excluding hydrogens is 432 g/mol. The fourth-order valence-electron chi connectivity index (χ4n) is 3.21. The van der Waals surface area contributed by atoms with Gasteiger partial charge in [0.15, 0.2) is 0 Å². The van der Waals surface area contributed by atoms with Gasteiger partial charge in [0.2, 0.25) is 5.58 Å². The van der Waals surface area contributed by atoms with Crippen LogP contribution in [0.2, 0.25) is 5.02 Å². The molecule has 4 rings (SSSR count). The maximum atomic E-state index is 13.0. The molecule has 32 heavy (non-hydrogen) atoms. The van der Waals surface area contributed by atoms with E-state index in [1.807, 2.05) is 6.07 Å². The number of benzene rings is 1. The molecule has 0 N–H and O–H groups in total. The summed E-state index contributed by atoms with van der Waals surface area (Å²) in [4.78, 5) is 30.1. The van der Waals surface area contributed by atoms with E-state index in [0.717, 1.165) is 10.1 Å². The van der Waals surface area contributed by atoms with E-state index in [2.05, 4.69) is 10.1 Å². The molecule has 0 atom stereocenters. The monoisotopic (exact) mass is 448 g/mol. The van der Waals surface area contributed by atoms with Gasteiger partial charge in [-0.05, 0) is 12.1 Å². The van der Waals surface area contributed by atoms with Crippen LogP contribution in [-0.2, 0) is 13.6 Å². The number of nitriles is 1. The van der Waals surface area contributed by atoms with Crippen LogP contribution in [0, 0.1) is 11.3 Å². The highest BCUT2D eigenvalue weighted by atomic mass is 35.5. The summed E-state index contributed by atoms with van der Waals surface area (Å²) in [6.07, 6.45) is 7.62. The first-order valence-electron chi connectivity index (χ1n) is 9.59. The quantitative estimate of drug-likeness (QED) is 0.420. The highest BCUT2D eigenvalue weighted by molar-refractivity contribution is 6.33. The van der Waals surface area contributed by atoms with Crippen molar-refractivity contribution >= 4 is 35.1 Å². The molecule has 4 aromatic rings. The van der Waals surface area contributed by atoms with Crippen molar-refractivity contribution in [3.8, 4) is 17.4 Å². The van der Waals surface area contributed by atoms with E-state index in [-0.39, 0.29) is 18.5 Å². The van der Waals surface area contributed by atoms with Gasteiger partial charge in [-0.2, -0.15) is 10.4 Å². The van der Waals surface area contributed by atoms with Crippen LogP contribution >= 0.6 is 11.6 Å². The smallest absolute Gasteiger partial charge is 0.335 e. The molecule has 0 radical (unpaired) electrons. The van der Waals surface area contributed by atoms with E-state index in [4.69, 9.17) is 21.3 Å². The van der Waals surface area contributed by atoms with Crippen molar-refractivity contribution in [2.45, 2.75) is 13.0 Å². The minimum Gasteiger partial charge on any atom is -0.449 e. The molecule has 0 fully saturated rings. The van der Waals surface area contributed by atoms with Crippen molar-refractivity contribution in [1.82, 2.24) is 18.9 Å². The number of hydrogen-bond acceptors (Lipinski definition) is 6. The number of fused-ring (bicyclic) bond motifs is 1. The van der Waals surface area contributed by atoms with Gasteiger partial charge in [-0.3, -0.25) is 19.0 Å². The maximum Gasteiger partial charge on any atom is 0.335 e. The Morgan fingerprint density at radius 2 is 2.12 bits per heavy atom. The first kappa shape index (κ1) is 21.1. The van der Waals surface area contributed by atoms with E-state index in [1.165, 1.54) is 17.0 Å². The first-order valence-corrected chi connectivity index (χ1v) is 9.96. The van der Waals surface area contributed by atoms with Gasteiger partial charge in [0.25, 0.3) is 0 Å². The molecule has 160 valence electrons. The number of nitrogens with zero attached hydrogens (tertiary/aromatic N) is 6. The molecule has 0 spiro atoms. The van der Waals surface area contributed by atoms with Crippen LogP contribution in [0.15, 0.2) is 67.9 Å². The van der Waals surface area contributed by atoms with Crippen LogP contribution in [-0.4, -0.2) is 25.1 Å². The van der Waals surface area contributed by atoms with E-state index in [0.29, 0.717) is 21.9 Å². The second-order valence-electron chi connectivity index (χ2n) is 6.85. The van der Waals surface area contributed by atoms with Gasteiger partial charge in [0.05, 0.1) is 29.2 Å². The van der Waals surface area contributed by atoms with Gasteiger partial charge in [0, 0.05) is 55.6 Å². The minimum atomic E-state index is -0.635. The van der Waals surface area contributed by atoms with E-state index in [9.17, 15) is 9.59 Å².